The van der Waals surface area contributed by atoms with Gasteiger partial charge < -0.3 is 11.1 Å². The molecule has 1 aliphatic rings. The first-order valence-electron chi connectivity index (χ1n) is 9.06. The maximum atomic E-state index is 12.7. The molecule has 0 radical (unpaired) electrons. The molecule has 0 atom stereocenters. The zero-order valence-corrected chi connectivity index (χ0v) is 16.2. The van der Waals surface area contributed by atoms with Gasteiger partial charge in [-0.3, -0.25) is 9.52 Å². The first-order chi connectivity index (χ1) is 12.8. The van der Waals surface area contributed by atoms with E-state index in [2.05, 4.69) is 10.0 Å². The molecule has 6 nitrogen and oxygen atoms in total. The maximum Gasteiger partial charge on any atom is 0.261 e. The number of anilines is 1. The molecular weight excluding hydrogens is 362 g/mol. The van der Waals surface area contributed by atoms with Gasteiger partial charge in [0.15, 0.2) is 0 Å². The Balaban J connectivity index is 1.81. The van der Waals surface area contributed by atoms with Gasteiger partial charge in [-0.2, -0.15) is 0 Å². The van der Waals surface area contributed by atoms with Crippen LogP contribution in [0.1, 0.15) is 41.6 Å². The summed E-state index contributed by atoms with van der Waals surface area (Å²) in [6.07, 6.45) is 3.77. The van der Waals surface area contributed by atoms with Crippen LogP contribution in [0.5, 0.6) is 0 Å². The fraction of sp³-hybridized carbons (Fsp3) is 0.350. The number of nitrogens with two attached hydrogens (primary N) is 1. The molecule has 7 heteroatoms. The van der Waals surface area contributed by atoms with Crippen LogP contribution in [0.15, 0.2) is 53.4 Å². The second-order valence-electron chi connectivity index (χ2n) is 7.15. The van der Waals surface area contributed by atoms with Crippen molar-refractivity contribution >= 4 is 21.6 Å². The normalized spacial score (nSPS) is 16.1. The predicted molar refractivity (Wildman–Crippen MR) is 106 cm³/mol. The van der Waals surface area contributed by atoms with E-state index in [1.807, 2.05) is 13.0 Å². The van der Waals surface area contributed by atoms with Crippen molar-refractivity contribution < 1.29 is 13.2 Å². The van der Waals surface area contributed by atoms with Crippen LogP contribution >= 0.6 is 0 Å². The highest BCUT2D eigenvalue weighted by Crippen LogP contribution is 2.29. The van der Waals surface area contributed by atoms with E-state index in [0.717, 1.165) is 31.2 Å². The minimum Gasteiger partial charge on any atom is -0.345 e. The topological polar surface area (TPSA) is 101 Å². The molecule has 1 aliphatic carbocycles. The fourth-order valence-electron chi connectivity index (χ4n) is 3.47. The Morgan fingerprint density at radius 1 is 1.11 bits per heavy atom. The van der Waals surface area contributed by atoms with E-state index < -0.39 is 10.0 Å². The number of rotatable bonds is 6. The zero-order chi connectivity index (χ0) is 19.5. The van der Waals surface area contributed by atoms with Gasteiger partial charge in [-0.25, -0.2) is 8.42 Å². The van der Waals surface area contributed by atoms with Gasteiger partial charge in [0, 0.05) is 17.8 Å². The Hall–Kier alpha value is -2.38. The van der Waals surface area contributed by atoms with Crippen LogP contribution in [0, 0.1) is 6.92 Å². The molecule has 2 aromatic carbocycles. The molecule has 1 amide bonds. The molecule has 0 aliphatic heterocycles. The summed E-state index contributed by atoms with van der Waals surface area (Å²) in [7, 11) is -3.79. The third-order valence-corrected chi connectivity index (χ3v) is 6.39. The second kappa shape index (κ2) is 7.70. The summed E-state index contributed by atoms with van der Waals surface area (Å²) in [5.74, 6) is -0.296. The molecule has 3 rings (SSSR count). The van der Waals surface area contributed by atoms with Crippen molar-refractivity contribution in [2.45, 2.75) is 43.0 Å². The highest BCUT2D eigenvalue weighted by Gasteiger charge is 2.34. The maximum absolute atomic E-state index is 12.7. The van der Waals surface area contributed by atoms with Crippen molar-refractivity contribution in [3.05, 3.63) is 59.7 Å². The lowest BCUT2D eigenvalue weighted by atomic mass is 9.97. The van der Waals surface area contributed by atoms with Crippen molar-refractivity contribution in [3.63, 3.8) is 0 Å². The van der Waals surface area contributed by atoms with Gasteiger partial charge in [-0.15, -0.1) is 0 Å². The van der Waals surface area contributed by atoms with Gasteiger partial charge in [-0.05, 0) is 55.7 Å². The third-order valence-electron chi connectivity index (χ3n) is 5.01. The lowest BCUT2D eigenvalue weighted by Gasteiger charge is -2.28. The molecule has 0 unspecified atom stereocenters. The Bertz CT molecular complexity index is 935. The first kappa shape index (κ1) is 19.4. The molecule has 27 heavy (non-hydrogen) atoms. The number of benzene rings is 2. The summed E-state index contributed by atoms with van der Waals surface area (Å²) < 4.78 is 27.9. The fourth-order valence-corrected chi connectivity index (χ4v) is 4.57. The molecule has 144 valence electrons. The summed E-state index contributed by atoms with van der Waals surface area (Å²) in [6.45, 7) is 2.27. The highest BCUT2D eigenvalue weighted by molar-refractivity contribution is 7.92. The van der Waals surface area contributed by atoms with E-state index in [0.29, 0.717) is 17.8 Å². The van der Waals surface area contributed by atoms with Crippen molar-refractivity contribution in [1.29, 1.82) is 0 Å². The Morgan fingerprint density at radius 3 is 2.48 bits per heavy atom. The van der Waals surface area contributed by atoms with Crippen molar-refractivity contribution in [2.75, 3.05) is 11.3 Å². The predicted octanol–water partition coefficient (Wildman–Crippen LogP) is 2.80. The molecular formula is C20H25N3O3S. The molecule has 0 saturated heterocycles. The molecule has 1 saturated carbocycles. The Morgan fingerprint density at radius 2 is 1.81 bits per heavy atom. The number of nitrogens with one attached hydrogen (secondary N) is 2. The van der Waals surface area contributed by atoms with Crippen LogP contribution in [-0.2, 0) is 10.0 Å². The van der Waals surface area contributed by atoms with Crippen LogP contribution in [0.3, 0.4) is 0 Å². The summed E-state index contributed by atoms with van der Waals surface area (Å²) in [6, 6.07) is 13.2. The molecule has 2 aromatic rings. The Labute approximate surface area is 160 Å². The lowest BCUT2D eigenvalue weighted by Crippen LogP contribution is -2.51. The van der Waals surface area contributed by atoms with Crippen molar-refractivity contribution in [3.8, 4) is 0 Å². The minimum absolute atomic E-state index is 0.0462. The van der Waals surface area contributed by atoms with E-state index in [9.17, 15) is 13.2 Å². The van der Waals surface area contributed by atoms with Crippen LogP contribution in [-0.4, -0.2) is 26.4 Å². The SMILES string of the molecule is Cc1cccc(NS(=O)(=O)c2cccc(C(=O)NC3(CN)CCCC3)c2)c1. The average molecular weight is 388 g/mol. The highest BCUT2D eigenvalue weighted by atomic mass is 32.2. The van der Waals surface area contributed by atoms with E-state index in [-0.39, 0.29) is 16.3 Å². The standard InChI is InChI=1S/C20H25N3O3S/c1-15-6-4-8-17(12-15)23-27(25,26)18-9-5-7-16(13-18)19(24)22-20(14-21)10-2-3-11-20/h4-9,12-13,23H,2-3,10-11,14,21H2,1H3,(H,22,24). The van der Waals surface area contributed by atoms with Crippen molar-refractivity contribution in [2.24, 2.45) is 5.73 Å². The minimum atomic E-state index is -3.79. The van der Waals surface area contributed by atoms with Gasteiger partial charge in [0.1, 0.15) is 0 Å². The summed E-state index contributed by atoms with van der Waals surface area (Å²) in [4.78, 5) is 12.7. The molecule has 0 spiro atoms. The number of carbonyl (C=O) groups is 1. The largest absolute Gasteiger partial charge is 0.345 e. The molecule has 0 heterocycles. The van der Waals surface area contributed by atoms with Gasteiger partial charge in [0.05, 0.1) is 10.4 Å². The zero-order valence-electron chi connectivity index (χ0n) is 15.4. The molecule has 1 fully saturated rings. The second-order valence-corrected chi connectivity index (χ2v) is 8.83. The lowest BCUT2D eigenvalue weighted by molar-refractivity contribution is 0.0903. The van der Waals surface area contributed by atoms with Crippen LogP contribution in [0.4, 0.5) is 5.69 Å². The van der Waals surface area contributed by atoms with Crippen LogP contribution < -0.4 is 15.8 Å². The molecule has 0 bridgehead atoms. The molecule has 0 aromatic heterocycles. The molecule has 4 N–H and O–H groups in total. The van der Waals surface area contributed by atoms with E-state index in [1.165, 1.54) is 12.1 Å². The summed E-state index contributed by atoms with van der Waals surface area (Å²) >= 11 is 0. The van der Waals surface area contributed by atoms with Crippen LogP contribution in [0.2, 0.25) is 0 Å². The number of hydrogen-bond acceptors (Lipinski definition) is 4. The number of sulfonamides is 1. The number of carbonyl (C=O) groups excluding carboxylic acids is 1. The van der Waals surface area contributed by atoms with Gasteiger partial charge in [0.25, 0.3) is 15.9 Å². The van der Waals surface area contributed by atoms with Gasteiger partial charge in [0.2, 0.25) is 0 Å². The summed E-state index contributed by atoms with van der Waals surface area (Å²) in [5, 5.41) is 3.02. The first-order valence-corrected chi connectivity index (χ1v) is 10.5. The van der Waals surface area contributed by atoms with Crippen molar-refractivity contribution in [1.82, 2.24) is 5.32 Å². The van der Waals surface area contributed by atoms with E-state index >= 15 is 0 Å². The number of aryl methyl sites for hydroxylation is 1. The quantitative estimate of drug-likeness (QED) is 0.709. The number of amides is 1. The van der Waals surface area contributed by atoms with E-state index in [4.69, 9.17) is 5.73 Å². The van der Waals surface area contributed by atoms with Crippen LogP contribution in [0.25, 0.3) is 0 Å². The number of hydrogen-bond donors (Lipinski definition) is 3. The van der Waals surface area contributed by atoms with Gasteiger partial charge in [-0.1, -0.05) is 31.0 Å². The monoisotopic (exact) mass is 387 g/mol. The van der Waals surface area contributed by atoms with E-state index in [1.54, 1.807) is 30.3 Å². The third kappa shape index (κ3) is 4.48. The Kier molecular flexibility index (Phi) is 5.53. The smallest absolute Gasteiger partial charge is 0.261 e. The van der Waals surface area contributed by atoms with Gasteiger partial charge >= 0.3 is 0 Å². The summed E-state index contributed by atoms with van der Waals surface area (Å²) in [5.41, 5.74) is 7.23. The average Bonchev–Trinajstić information content (AvgIpc) is 3.10.